The number of nitrogens with zero attached hydrogens (tertiary/aromatic N) is 3. The normalized spacial score (nSPS) is 25.2. The standard InChI is InChI=1S/C27H39N3O2/c1-6-16-29-18-21(5)30(19-20(29)4)26(24-10-9-11-25(31)17-24)22-12-14-23(15-13-22)27(32)28(7-2)8-3/h6,9-12,14-15,17,20-22,26,31H,1,7-8,13,16,18-19H2,2-5H3/t20-,21+,22?,26-/m1/s1. The van der Waals surface area contributed by atoms with E-state index in [0.717, 1.165) is 50.3 Å². The summed E-state index contributed by atoms with van der Waals surface area (Å²) < 4.78 is 0. The third-order valence-electron chi connectivity index (χ3n) is 6.93. The Morgan fingerprint density at radius 2 is 2.00 bits per heavy atom. The van der Waals surface area contributed by atoms with E-state index >= 15 is 0 Å². The fraction of sp³-hybridized carbons (Fsp3) is 0.519. The van der Waals surface area contributed by atoms with E-state index in [1.165, 1.54) is 0 Å². The van der Waals surface area contributed by atoms with E-state index in [1.807, 2.05) is 43.0 Å². The van der Waals surface area contributed by atoms with Crippen LogP contribution in [-0.2, 0) is 4.79 Å². The molecule has 1 aliphatic carbocycles. The van der Waals surface area contributed by atoms with Crippen molar-refractivity contribution in [3.05, 3.63) is 66.3 Å². The van der Waals surface area contributed by atoms with Gasteiger partial charge in [0.05, 0.1) is 0 Å². The van der Waals surface area contributed by atoms with Gasteiger partial charge in [0.15, 0.2) is 0 Å². The van der Waals surface area contributed by atoms with E-state index in [4.69, 9.17) is 0 Å². The molecule has 1 N–H and O–H groups in total. The Bertz CT molecular complexity index is 858. The number of hydrogen-bond donors (Lipinski definition) is 1. The molecule has 3 rings (SSSR count). The van der Waals surface area contributed by atoms with Gasteiger partial charge in [0, 0.05) is 62.3 Å². The Morgan fingerprint density at radius 1 is 1.25 bits per heavy atom. The van der Waals surface area contributed by atoms with Crippen LogP contribution >= 0.6 is 0 Å². The summed E-state index contributed by atoms with van der Waals surface area (Å²) in [4.78, 5) is 19.7. The van der Waals surface area contributed by atoms with Crippen molar-refractivity contribution in [3.8, 4) is 5.75 Å². The molecule has 1 saturated heterocycles. The first-order valence-electron chi connectivity index (χ1n) is 12.0. The van der Waals surface area contributed by atoms with Crippen LogP contribution in [0.25, 0.3) is 0 Å². The molecule has 0 radical (unpaired) electrons. The maximum atomic E-state index is 12.8. The Balaban J connectivity index is 1.87. The maximum Gasteiger partial charge on any atom is 0.253 e. The quantitative estimate of drug-likeness (QED) is 0.613. The minimum absolute atomic E-state index is 0.110. The molecule has 32 heavy (non-hydrogen) atoms. The van der Waals surface area contributed by atoms with Crippen molar-refractivity contribution >= 4 is 5.91 Å². The monoisotopic (exact) mass is 437 g/mol. The molecular weight excluding hydrogens is 398 g/mol. The molecule has 1 aromatic carbocycles. The Hall–Kier alpha value is -2.37. The molecule has 1 fully saturated rings. The molecule has 1 aliphatic heterocycles. The largest absolute Gasteiger partial charge is 0.508 e. The van der Waals surface area contributed by atoms with E-state index < -0.39 is 0 Å². The zero-order valence-electron chi connectivity index (χ0n) is 20.1. The number of likely N-dealkylation sites (N-methyl/N-ethyl adjacent to an activating group) is 1. The molecule has 1 unspecified atom stereocenters. The summed E-state index contributed by atoms with van der Waals surface area (Å²) in [7, 11) is 0. The minimum atomic E-state index is 0.110. The summed E-state index contributed by atoms with van der Waals surface area (Å²) >= 11 is 0. The lowest BCUT2D eigenvalue weighted by atomic mass is 9.83. The van der Waals surface area contributed by atoms with Gasteiger partial charge in [0.2, 0.25) is 0 Å². The van der Waals surface area contributed by atoms with Crippen LogP contribution in [0, 0.1) is 5.92 Å². The Kier molecular flexibility index (Phi) is 8.32. The van der Waals surface area contributed by atoms with Crippen molar-refractivity contribution in [1.82, 2.24) is 14.7 Å². The average Bonchev–Trinajstić information content (AvgIpc) is 2.78. The highest BCUT2D eigenvalue weighted by Crippen LogP contribution is 2.38. The summed E-state index contributed by atoms with van der Waals surface area (Å²) in [6.07, 6.45) is 9.11. The summed E-state index contributed by atoms with van der Waals surface area (Å²) in [5, 5.41) is 10.2. The lowest BCUT2D eigenvalue weighted by Gasteiger charge is -2.49. The molecule has 2 aliphatic rings. The highest BCUT2D eigenvalue weighted by molar-refractivity contribution is 5.96. The second-order valence-corrected chi connectivity index (χ2v) is 9.07. The number of hydrogen-bond acceptors (Lipinski definition) is 4. The number of piperazine rings is 1. The minimum Gasteiger partial charge on any atom is -0.508 e. The van der Waals surface area contributed by atoms with Crippen molar-refractivity contribution in [2.75, 3.05) is 32.7 Å². The van der Waals surface area contributed by atoms with E-state index in [2.05, 4.69) is 48.4 Å². The molecule has 0 spiro atoms. The van der Waals surface area contributed by atoms with Gasteiger partial charge in [0.25, 0.3) is 5.91 Å². The first-order chi connectivity index (χ1) is 15.4. The van der Waals surface area contributed by atoms with Crippen LogP contribution in [0.3, 0.4) is 0 Å². The molecule has 1 heterocycles. The second kappa shape index (κ2) is 11.0. The molecule has 174 valence electrons. The maximum absolute atomic E-state index is 12.8. The summed E-state index contributed by atoms with van der Waals surface area (Å²) in [6, 6.07) is 8.60. The van der Waals surface area contributed by atoms with Crippen molar-refractivity contribution < 1.29 is 9.90 Å². The van der Waals surface area contributed by atoms with Crippen LogP contribution < -0.4 is 0 Å². The topological polar surface area (TPSA) is 47.0 Å². The zero-order chi connectivity index (χ0) is 23.3. The van der Waals surface area contributed by atoms with E-state index in [9.17, 15) is 9.90 Å². The predicted octanol–water partition coefficient (Wildman–Crippen LogP) is 4.38. The number of allylic oxidation sites excluding steroid dienone is 1. The van der Waals surface area contributed by atoms with Crippen LogP contribution in [0.1, 0.15) is 45.7 Å². The Labute approximate surface area is 193 Å². The third kappa shape index (κ3) is 5.33. The molecular formula is C27H39N3O2. The number of carbonyl (C=O) groups excluding carboxylic acids is 1. The lowest BCUT2D eigenvalue weighted by Crippen LogP contribution is -2.57. The summed E-state index contributed by atoms with van der Waals surface area (Å²) in [5.74, 6) is 0.649. The average molecular weight is 438 g/mol. The number of amides is 1. The number of phenolic OH excluding ortho intramolecular Hbond substituents is 1. The molecule has 0 saturated carbocycles. The summed E-state index contributed by atoms with van der Waals surface area (Å²) in [6.45, 7) is 16.8. The SMILES string of the molecule is C=CCN1C[C@H](C)N([C@@H](c2cccc(O)c2)C2C=CC(C(=O)N(CC)CC)=CC2)C[C@H]1C. The highest BCUT2D eigenvalue weighted by atomic mass is 16.3. The van der Waals surface area contributed by atoms with Crippen LogP contribution in [0.4, 0.5) is 0 Å². The lowest BCUT2D eigenvalue weighted by molar-refractivity contribution is -0.126. The highest BCUT2D eigenvalue weighted by Gasteiger charge is 2.37. The molecule has 1 amide bonds. The number of phenols is 1. The predicted molar refractivity (Wildman–Crippen MR) is 132 cm³/mol. The first kappa shape index (κ1) is 24.3. The van der Waals surface area contributed by atoms with Crippen molar-refractivity contribution in [3.63, 3.8) is 0 Å². The third-order valence-corrected chi connectivity index (χ3v) is 6.93. The fourth-order valence-corrected chi connectivity index (χ4v) is 5.15. The van der Waals surface area contributed by atoms with Crippen molar-refractivity contribution in [2.24, 2.45) is 5.92 Å². The molecule has 0 aromatic heterocycles. The van der Waals surface area contributed by atoms with Gasteiger partial charge in [-0.2, -0.15) is 0 Å². The number of rotatable bonds is 8. The van der Waals surface area contributed by atoms with Gasteiger partial charge in [-0.15, -0.1) is 6.58 Å². The van der Waals surface area contributed by atoms with Gasteiger partial charge in [0.1, 0.15) is 5.75 Å². The molecule has 5 heteroatoms. The van der Waals surface area contributed by atoms with Crippen LogP contribution in [0.15, 0.2) is 60.7 Å². The zero-order valence-corrected chi connectivity index (χ0v) is 20.1. The first-order valence-corrected chi connectivity index (χ1v) is 12.0. The van der Waals surface area contributed by atoms with E-state index in [1.54, 1.807) is 6.07 Å². The van der Waals surface area contributed by atoms with Gasteiger partial charge in [-0.25, -0.2) is 0 Å². The van der Waals surface area contributed by atoms with Crippen LogP contribution in [-0.4, -0.2) is 70.5 Å². The van der Waals surface area contributed by atoms with Crippen LogP contribution in [0.5, 0.6) is 5.75 Å². The van der Waals surface area contributed by atoms with Gasteiger partial charge >= 0.3 is 0 Å². The van der Waals surface area contributed by atoms with Gasteiger partial charge < -0.3 is 10.0 Å². The Morgan fingerprint density at radius 3 is 2.59 bits per heavy atom. The van der Waals surface area contributed by atoms with Gasteiger partial charge in [-0.05, 0) is 51.8 Å². The van der Waals surface area contributed by atoms with Crippen molar-refractivity contribution in [2.45, 2.75) is 52.2 Å². The smallest absolute Gasteiger partial charge is 0.253 e. The van der Waals surface area contributed by atoms with Gasteiger partial charge in [-0.3, -0.25) is 14.6 Å². The van der Waals surface area contributed by atoms with E-state index in [0.29, 0.717) is 17.8 Å². The van der Waals surface area contributed by atoms with Gasteiger partial charge in [-0.1, -0.05) is 36.4 Å². The van der Waals surface area contributed by atoms with Crippen LogP contribution in [0.2, 0.25) is 0 Å². The van der Waals surface area contributed by atoms with E-state index in [-0.39, 0.29) is 17.9 Å². The molecule has 4 atom stereocenters. The number of carbonyl (C=O) groups is 1. The second-order valence-electron chi connectivity index (χ2n) is 9.07. The molecule has 5 nitrogen and oxygen atoms in total. The molecule has 0 bridgehead atoms. The fourth-order valence-electron chi connectivity index (χ4n) is 5.15. The number of aromatic hydroxyl groups is 1. The number of benzene rings is 1. The van der Waals surface area contributed by atoms with Crippen molar-refractivity contribution in [1.29, 1.82) is 0 Å². The molecule has 1 aromatic rings. The summed E-state index contributed by atoms with van der Waals surface area (Å²) in [5.41, 5.74) is 1.92.